The molecule has 2 aliphatic rings. The zero-order valence-corrected chi connectivity index (χ0v) is 15.9. The van der Waals surface area contributed by atoms with Gasteiger partial charge in [0, 0.05) is 19.5 Å². The minimum atomic E-state index is -0.126. The van der Waals surface area contributed by atoms with Crippen LogP contribution in [0, 0.1) is 19.8 Å². The van der Waals surface area contributed by atoms with E-state index in [-0.39, 0.29) is 18.1 Å². The second-order valence-corrected chi connectivity index (χ2v) is 7.65. The highest BCUT2D eigenvalue weighted by molar-refractivity contribution is 5.80. The molecule has 1 aromatic heterocycles. The summed E-state index contributed by atoms with van der Waals surface area (Å²) in [5.74, 6) is 1.38. The number of nitrogens with zero attached hydrogens (tertiary/aromatic N) is 3. The minimum Gasteiger partial charge on any atom is -0.480 e. The smallest absolute Gasteiger partial charge is 0.261 e. The van der Waals surface area contributed by atoms with Crippen molar-refractivity contribution in [2.75, 3.05) is 13.2 Å². The highest BCUT2D eigenvalue weighted by Gasteiger charge is 2.56. The summed E-state index contributed by atoms with van der Waals surface area (Å²) >= 11 is 0. The summed E-state index contributed by atoms with van der Waals surface area (Å²) in [6, 6.07) is 10.5. The molecule has 26 heavy (non-hydrogen) atoms. The number of aromatic nitrogens is 2. The molecule has 138 valence electrons. The molecule has 1 aliphatic carbocycles. The average molecular weight is 353 g/mol. The molecule has 1 saturated heterocycles. The van der Waals surface area contributed by atoms with Crippen LogP contribution < -0.4 is 4.74 Å². The van der Waals surface area contributed by atoms with Gasteiger partial charge in [0.05, 0.1) is 11.2 Å². The molecule has 1 amide bonds. The Labute approximate surface area is 154 Å². The number of aryl methyl sites for hydroxylation is 2. The van der Waals surface area contributed by atoms with E-state index < -0.39 is 0 Å². The van der Waals surface area contributed by atoms with E-state index in [1.54, 1.807) is 4.68 Å². The van der Waals surface area contributed by atoms with Crippen LogP contribution in [-0.2, 0) is 17.4 Å². The molecule has 2 fully saturated rings. The summed E-state index contributed by atoms with van der Waals surface area (Å²) in [7, 11) is 1.89. The van der Waals surface area contributed by atoms with Gasteiger partial charge in [0.1, 0.15) is 5.69 Å². The number of carbonyl (C=O) groups is 1. The van der Waals surface area contributed by atoms with Gasteiger partial charge < -0.3 is 9.64 Å². The van der Waals surface area contributed by atoms with Crippen molar-refractivity contribution in [2.24, 2.45) is 13.0 Å². The van der Waals surface area contributed by atoms with Crippen molar-refractivity contribution in [3.05, 3.63) is 47.3 Å². The van der Waals surface area contributed by atoms with Crippen molar-refractivity contribution in [1.82, 2.24) is 14.7 Å². The Morgan fingerprint density at radius 2 is 2.04 bits per heavy atom. The first-order valence-electron chi connectivity index (χ1n) is 9.53. The highest BCUT2D eigenvalue weighted by atomic mass is 16.5. The number of hydrogen-bond donors (Lipinski definition) is 0. The molecule has 0 bridgehead atoms. The second-order valence-electron chi connectivity index (χ2n) is 7.65. The lowest BCUT2D eigenvalue weighted by Gasteiger charge is -2.61. The van der Waals surface area contributed by atoms with E-state index in [4.69, 9.17) is 4.74 Å². The molecule has 0 N–H and O–H groups in total. The second kappa shape index (κ2) is 6.45. The van der Waals surface area contributed by atoms with E-state index in [9.17, 15) is 4.79 Å². The van der Waals surface area contributed by atoms with E-state index in [2.05, 4.69) is 34.3 Å². The van der Waals surface area contributed by atoms with Crippen molar-refractivity contribution >= 4 is 5.91 Å². The summed E-state index contributed by atoms with van der Waals surface area (Å²) in [5.41, 5.74) is 2.93. The van der Waals surface area contributed by atoms with Crippen LogP contribution in [0.25, 0.3) is 0 Å². The maximum absolute atomic E-state index is 13.0. The summed E-state index contributed by atoms with van der Waals surface area (Å²) in [4.78, 5) is 15.1. The number of rotatable bonds is 4. The number of amides is 1. The summed E-state index contributed by atoms with van der Waals surface area (Å²) in [6.07, 6.45) is 4.71. The Bertz CT molecular complexity index is 814. The monoisotopic (exact) mass is 353 g/mol. The van der Waals surface area contributed by atoms with Crippen LogP contribution in [0.5, 0.6) is 5.75 Å². The fourth-order valence-electron chi connectivity index (χ4n) is 4.86. The van der Waals surface area contributed by atoms with Gasteiger partial charge in [-0.2, -0.15) is 5.10 Å². The number of carbonyl (C=O) groups excluding carboxylic acids is 1. The quantitative estimate of drug-likeness (QED) is 0.847. The van der Waals surface area contributed by atoms with Crippen molar-refractivity contribution in [1.29, 1.82) is 0 Å². The van der Waals surface area contributed by atoms with E-state index >= 15 is 0 Å². The van der Waals surface area contributed by atoms with Crippen molar-refractivity contribution in [2.45, 2.75) is 45.1 Å². The molecule has 4 rings (SSSR count). The van der Waals surface area contributed by atoms with Crippen LogP contribution in [0.15, 0.2) is 30.3 Å². The van der Waals surface area contributed by atoms with Crippen LogP contribution in [0.4, 0.5) is 0 Å². The molecule has 1 saturated carbocycles. The predicted molar refractivity (Wildman–Crippen MR) is 100.0 cm³/mol. The van der Waals surface area contributed by atoms with Crippen LogP contribution in [-0.4, -0.2) is 33.7 Å². The summed E-state index contributed by atoms with van der Waals surface area (Å²) in [5, 5.41) is 4.36. The van der Waals surface area contributed by atoms with Crippen LogP contribution in [0.3, 0.4) is 0 Å². The van der Waals surface area contributed by atoms with Gasteiger partial charge in [-0.15, -0.1) is 0 Å². The van der Waals surface area contributed by atoms with Crippen molar-refractivity contribution in [3.63, 3.8) is 0 Å². The molecule has 1 aromatic carbocycles. The highest BCUT2D eigenvalue weighted by Crippen LogP contribution is 2.53. The minimum absolute atomic E-state index is 0.0781. The van der Waals surface area contributed by atoms with Gasteiger partial charge in [-0.25, -0.2) is 0 Å². The lowest BCUT2D eigenvalue weighted by Crippen LogP contribution is -2.68. The Balaban J connectivity index is 1.54. The number of likely N-dealkylation sites (tertiary alicyclic amines) is 1. The van der Waals surface area contributed by atoms with Crippen LogP contribution in [0.2, 0.25) is 0 Å². The van der Waals surface area contributed by atoms with Gasteiger partial charge in [-0.3, -0.25) is 9.48 Å². The van der Waals surface area contributed by atoms with E-state index in [0.29, 0.717) is 5.92 Å². The zero-order chi connectivity index (χ0) is 18.3. The van der Waals surface area contributed by atoms with Gasteiger partial charge >= 0.3 is 0 Å². The maximum atomic E-state index is 13.0. The fraction of sp³-hybridized carbons (Fsp3) is 0.524. The number of ether oxygens (including phenoxy) is 1. The molecule has 2 atom stereocenters. The molecule has 1 aliphatic heterocycles. The van der Waals surface area contributed by atoms with Gasteiger partial charge in [-0.05, 0) is 32.3 Å². The zero-order valence-electron chi connectivity index (χ0n) is 15.9. The fourth-order valence-corrected chi connectivity index (χ4v) is 4.86. The van der Waals surface area contributed by atoms with Crippen molar-refractivity contribution in [3.8, 4) is 5.75 Å². The van der Waals surface area contributed by atoms with Crippen LogP contribution >= 0.6 is 0 Å². The largest absolute Gasteiger partial charge is 0.480 e. The third kappa shape index (κ3) is 2.52. The number of hydrogen-bond acceptors (Lipinski definition) is 3. The Morgan fingerprint density at radius 1 is 1.27 bits per heavy atom. The molecule has 0 unspecified atom stereocenters. The molecule has 5 nitrogen and oxygen atoms in total. The third-order valence-corrected chi connectivity index (χ3v) is 6.28. The third-order valence-electron chi connectivity index (χ3n) is 6.28. The van der Waals surface area contributed by atoms with E-state index in [1.807, 2.05) is 27.0 Å². The van der Waals surface area contributed by atoms with Gasteiger partial charge in [0.25, 0.3) is 5.91 Å². The first-order valence-corrected chi connectivity index (χ1v) is 9.53. The lowest BCUT2D eigenvalue weighted by molar-refractivity contribution is -0.168. The Hall–Kier alpha value is -2.30. The Morgan fingerprint density at radius 3 is 2.69 bits per heavy atom. The molecular formula is C21H27N3O2. The topological polar surface area (TPSA) is 47.4 Å². The molecule has 0 radical (unpaired) electrons. The first kappa shape index (κ1) is 17.1. The van der Waals surface area contributed by atoms with Crippen molar-refractivity contribution < 1.29 is 9.53 Å². The number of fused-ring (bicyclic) bond motifs is 1. The summed E-state index contributed by atoms with van der Waals surface area (Å²) < 4.78 is 7.69. The molecule has 0 spiro atoms. The Kier molecular flexibility index (Phi) is 4.25. The lowest BCUT2D eigenvalue weighted by atomic mass is 9.61. The average Bonchev–Trinajstić information content (AvgIpc) is 2.87. The van der Waals surface area contributed by atoms with Gasteiger partial charge in [0.15, 0.2) is 12.4 Å². The maximum Gasteiger partial charge on any atom is 0.261 e. The van der Waals surface area contributed by atoms with E-state index in [0.717, 1.165) is 30.1 Å². The first-order chi connectivity index (χ1) is 12.5. The van der Waals surface area contributed by atoms with E-state index in [1.165, 1.54) is 24.8 Å². The van der Waals surface area contributed by atoms with Gasteiger partial charge in [-0.1, -0.05) is 43.2 Å². The number of benzene rings is 1. The predicted octanol–water partition coefficient (Wildman–Crippen LogP) is 3.34. The summed E-state index contributed by atoms with van der Waals surface area (Å²) in [6.45, 7) is 4.81. The normalized spacial score (nSPS) is 24.7. The molecule has 2 heterocycles. The molecule has 5 heteroatoms. The standard InChI is InChI=1S/C21H27N3O2/c1-15-20(16(2)23(3)22-15)26-14-19(25)24-13-18-11-7-8-12-21(18,24)17-9-5-4-6-10-17/h4-6,9-10,18H,7-8,11-14H2,1-3H3/t18-,21+/m0/s1. The van der Waals surface area contributed by atoms with Gasteiger partial charge in [0.2, 0.25) is 0 Å². The van der Waals surface area contributed by atoms with Crippen LogP contribution in [0.1, 0.15) is 42.6 Å². The SMILES string of the molecule is Cc1nn(C)c(C)c1OCC(=O)N1C[C@@H]2CCCC[C@@]21c1ccccc1. The molecule has 2 aromatic rings. The molecular weight excluding hydrogens is 326 g/mol.